The standard InChI is InChI=1S/C16H21NO3/c1-11-5-3-7-13(9-11)10-14(18)17-8-4-6-12(2)15(17)16(19)20/h3,5,7,9,12,15H,4,6,8,10H2,1-2H3,(H,19,20). The molecule has 1 aliphatic rings. The number of hydrogen-bond donors (Lipinski definition) is 1. The number of benzene rings is 1. The van der Waals surface area contributed by atoms with Crippen molar-refractivity contribution in [1.29, 1.82) is 0 Å². The van der Waals surface area contributed by atoms with Crippen molar-refractivity contribution in [3.05, 3.63) is 35.4 Å². The normalized spacial score (nSPS) is 22.6. The number of aliphatic carboxylic acids is 1. The van der Waals surface area contributed by atoms with E-state index in [1.165, 1.54) is 0 Å². The number of piperidine rings is 1. The zero-order chi connectivity index (χ0) is 14.7. The highest BCUT2D eigenvalue weighted by Crippen LogP contribution is 2.24. The van der Waals surface area contributed by atoms with Crippen LogP contribution in [0.5, 0.6) is 0 Å². The summed E-state index contributed by atoms with van der Waals surface area (Å²) in [5.41, 5.74) is 2.05. The van der Waals surface area contributed by atoms with Gasteiger partial charge in [-0.1, -0.05) is 36.8 Å². The second-order valence-corrected chi connectivity index (χ2v) is 5.66. The van der Waals surface area contributed by atoms with Crippen molar-refractivity contribution in [2.45, 2.75) is 39.2 Å². The van der Waals surface area contributed by atoms with Gasteiger partial charge in [-0.25, -0.2) is 4.79 Å². The molecule has 1 amide bonds. The van der Waals surface area contributed by atoms with Gasteiger partial charge in [-0.3, -0.25) is 4.79 Å². The van der Waals surface area contributed by atoms with Crippen LogP contribution in [0.1, 0.15) is 30.9 Å². The number of rotatable bonds is 3. The van der Waals surface area contributed by atoms with E-state index in [0.29, 0.717) is 6.54 Å². The van der Waals surface area contributed by atoms with E-state index in [4.69, 9.17) is 0 Å². The molecule has 1 N–H and O–H groups in total. The molecule has 0 bridgehead atoms. The van der Waals surface area contributed by atoms with Crippen LogP contribution in [-0.2, 0) is 16.0 Å². The van der Waals surface area contributed by atoms with Crippen molar-refractivity contribution in [2.24, 2.45) is 5.92 Å². The lowest BCUT2D eigenvalue weighted by atomic mass is 9.90. The van der Waals surface area contributed by atoms with Crippen LogP contribution in [0.4, 0.5) is 0 Å². The maximum absolute atomic E-state index is 12.4. The summed E-state index contributed by atoms with van der Waals surface area (Å²) in [7, 11) is 0. The predicted molar refractivity (Wildman–Crippen MR) is 76.4 cm³/mol. The van der Waals surface area contributed by atoms with Gasteiger partial charge in [-0.05, 0) is 31.2 Å². The third-order valence-corrected chi connectivity index (χ3v) is 3.94. The van der Waals surface area contributed by atoms with Gasteiger partial charge in [-0.15, -0.1) is 0 Å². The van der Waals surface area contributed by atoms with E-state index in [9.17, 15) is 14.7 Å². The summed E-state index contributed by atoms with van der Waals surface area (Å²) < 4.78 is 0. The fourth-order valence-electron chi connectivity index (χ4n) is 2.94. The van der Waals surface area contributed by atoms with Crippen LogP contribution in [0.25, 0.3) is 0 Å². The molecule has 0 saturated carbocycles. The Morgan fingerprint density at radius 3 is 2.80 bits per heavy atom. The zero-order valence-electron chi connectivity index (χ0n) is 12.0. The second kappa shape index (κ2) is 6.07. The van der Waals surface area contributed by atoms with Crippen LogP contribution in [0, 0.1) is 12.8 Å². The SMILES string of the molecule is Cc1cccc(CC(=O)N2CCCC(C)C2C(=O)O)c1. The van der Waals surface area contributed by atoms with Crippen LogP contribution < -0.4 is 0 Å². The smallest absolute Gasteiger partial charge is 0.326 e. The molecule has 2 unspecified atom stereocenters. The van der Waals surface area contributed by atoms with Gasteiger partial charge in [0.25, 0.3) is 0 Å². The third-order valence-electron chi connectivity index (χ3n) is 3.94. The number of amides is 1. The van der Waals surface area contributed by atoms with E-state index < -0.39 is 12.0 Å². The van der Waals surface area contributed by atoms with Gasteiger partial charge in [0.15, 0.2) is 0 Å². The summed E-state index contributed by atoms with van der Waals surface area (Å²) in [6.07, 6.45) is 2.02. The molecule has 1 fully saturated rings. The molecule has 2 atom stereocenters. The topological polar surface area (TPSA) is 57.6 Å². The Hall–Kier alpha value is -1.84. The van der Waals surface area contributed by atoms with E-state index in [-0.39, 0.29) is 18.2 Å². The number of carbonyl (C=O) groups is 2. The average molecular weight is 275 g/mol. The van der Waals surface area contributed by atoms with Gasteiger partial charge in [0, 0.05) is 6.54 Å². The molecule has 1 saturated heterocycles. The number of carbonyl (C=O) groups excluding carboxylic acids is 1. The first-order valence-electron chi connectivity index (χ1n) is 7.07. The minimum Gasteiger partial charge on any atom is -0.480 e. The van der Waals surface area contributed by atoms with Gasteiger partial charge in [0.05, 0.1) is 6.42 Å². The number of likely N-dealkylation sites (tertiary alicyclic amines) is 1. The molecule has 1 aliphatic heterocycles. The lowest BCUT2D eigenvalue weighted by Crippen LogP contribution is -2.52. The van der Waals surface area contributed by atoms with Crippen LogP contribution in [0.3, 0.4) is 0 Å². The molecule has 1 aromatic rings. The van der Waals surface area contributed by atoms with Gasteiger partial charge in [0.2, 0.25) is 5.91 Å². The molecule has 0 aliphatic carbocycles. The molecule has 0 aromatic heterocycles. The molecule has 1 heterocycles. The first-order chi connectivity index (χ1) is 9.49. The minimum atomic E-state index is -0.894. The maximum atomic E-state index is 12.4. The molecular formula is C16H21NO3. The maximum Gasteiger partial charge on any atom is 0.326 e. The number of carboxylic acid groups (broad SMARTS) is 1. The highest BCUT2D eigenvalue weighted by Gasteiger charge is 2.36. The number of hydrogen-bond acceptors (Lipinski definition) is 2. The number of aryl methyl sites for hydroxylation is 1. The minimum absolute atomic E-state index is 0.0164. The van der Waals surface area contributed by atoms with Crippen LogP contribution in [-0.4, -0.2) is 34.5 Å². The van der Waals surface area contributed by atoms with Gasteiger partial charge in [0.1, 0.15) is 6.04 Å². The van der Waals surface area contributed by atoms with Crippen molar-refractivity contribution < 1.29 is 14.7 Å². The second-order valence-electron chi connectivity index (χ2n) is 5.66. The van der Waals surface area contributed by atoms with Crippen molar-refractivity contribution in [2.75, 3.05) is 6.54 Å². The van der Waals surface area contributed by atoms with Crippen molar-refractivity contribution in [3.63, 3.8) is 0 Å². The van der Waals surface area contributed by atoms with Gasteiger partial charge in [-0.2, -0.15) is 0 Å². The first kappa shape index (κ1) is 14.6. The van der Waals surface area contributed by atoms with E-state index in [2.05, 4.69) is 0 Å². The van der Waals surface area contributed by atoms with E-state index in [0.717, 1.165) is 24.0 Å². The molecule has 2 rings (SSSR count). The summed E-state index contributed by atoms with van der Waals surface area (Å²) in [6, 6.07) is 7.11. The monoisotopic (exact) mass is 275 g/mol. The largest absolute Gasteiger partial charge is 0.480 e. The Morgan fingerprint density at radius 2 is 2.15 bits per heavy atom. The summed E-state index contributed by atoms with van der Waals surface area (Å²) in [4.78, 5) is 25.3. The summed E-state index contributed by atoms with van der Waals surface area (Å²) in [6.45, 7) is 4.44. The Kier molecular flexibility index (Phi) is 4.42. The number of nitrogens with zero attached hydrogens (tertiary/aromatic N) is 1. The van der Waals surface area contributed by atoms with Crippen LogP contribution >= 0.6 is 0 Å². The molecule has 0 spiro atoms. The Labute approximate surface area is 119 Å². The third kappa shape index (κ3) is 3.18. The molecule has 4 nitrogen and oxygen atoms in total. The highest BCUT2D eigenvalue weighted by molar-refractivity contribution is 5.85. The fourth-order valence-corrected chi connectivity index (χ4v) is 2.94. The lowest BCUT2D eigenvalue weighted by molar-refractivity contribution is -0.154. The Bertz CT molecular complexity index is 512. The quantitative estimate of drug-likeness (QED) is 0.920. The molecular weight excluding hydrogens is 254 g/mol. The van der Waals surface area contributed by atoms with E-state index in [1.807, 2.05) is 38.1 Å². The van der Waals surface area contributed by atoms with Crippen LogP contribution in [0.15, 0.2) is 24.3 Å². The Balaban J connectivity index is 2.12. The van der Waals surface area contributed by atoms with E-state index in [1.54, 1.807) is 4.90 Å². The van der Waals surface area contributed by atoms with Crippen molar-refractivity contribution in [3.8, 4) is 0 Å². The molecule has 1 aromatic carbocycles. The van der Waals surface area contributed by atoms with Crippen LogP contribution in [0.2, 0.25) is 0 Å². The Morgan fingerprint density at radius 1 is 1.40 bits per heavy atom. The molecule has 4 heteroatoms. The van der Waals surface area contributed by atoms with Crippen molar-refractivity contribution >= 4 is 11.9 Å². The summed E-state index contributed by atoms with van der Waals surface area (Å²) >= 11 is 0. The molecule has 108 valence electrons. The lowest BCUT2D eigenvalue weighted by Gasteiger charge is -2.37. The van der Waals surface area contributed by atoms with Gasteiger partial charge >= 0.3 is 5.97 Å². The number of carboxylic acids is 1. The van der Waals surface area contributed by atoms with Crippen molar-refractivity contribution in [1.82, 2.24) is 4.90 Å². The van der Waals surface area contributed by atoms with E-state index >= 15 is 0 Å². The highest BCUT2D eigenvalue weighted by atomic mass is 16.4. The fraction of sp³-hybridized carbons (Fsp3) is 0.500. The average Bonchev–Trinajstić information content (AvgIpc) is 2.37. The first-order valence-corrected chi connectivity index (χ1v) is 7.07. The molecule has 0 radical (unpaired) electrons. The summed E-state index contributed by atoms with van der Waals surface area (Å²) in [5.74, 6) is -0.966. The summed E-state index contributed by atoms with van der Waals surface area (Å²) in [5, 5.41) is 9.34. The zero-order valence-corrected chi connectivity index (χ0v) is 12.0. The van der Waals surface area contributed by atoms with Gasteiger partial charge < -0.3 is 10.0 Å². The molecule has 20 heavy (non-hydrogen) atoms. The predicted octanol–water partition coefficient (Wildman–Crippen LogP) is 2.25.